The van der Waals surface area contributed by atoms with Crippen molar-refractivity contribution < 1.29 is 25.2 Å². The smallest absolute Gasteiger partial charge is 0.261 e. The molecule has 160 valence electrons. The first-order chi connectivity index (χ1) is 13.5. The molecule has 0 aliphatic rings. The predicted molar refractivity (Wildman–Crippen MR) is 112 cm³/mol. The summed E-state index contributed by atoms with van der Waals surface area (Å²) >= 11 is 0. The van der Waals surface area contributed by atoms with Crippen molar-refractivity contribution in [2.24, 2.45) is 0 Å². The molecule has 0 aliphatic carbocycles. The first-order valence-electron chi connectivity index (χ1n) is 9.55. The fourth-order valence-corrected chi connectivity index (χ4v) is 4.97. The molecule has 8 heteroatoms. The second-order valence-corrected chi connectivity index (χ2v) is 10.3. The van der Waals surface area contributed by atoms with E-state index >= 15 is 0 Å². The largest absolute Gasteiger partial charge is 0.297 e. The molecule has 0 bridgehead atoms. The Morgan fingerprint density at radius 3 is 1.59 bits per heavy atom. The van der Waals surface area contributed by atoms with Crippen LogP contribution in [-0.2, 0) is 28.6 Å². The van der Waals surface area contributed by atoms with Gasteiger partial charge in [0.15, 0.2) is 0 Å². The highest BCUT2D eigenvalue weighted by molar-refractivity contribution is 7.87. The van der Waals surface area contributed by atoms with Gasteiger partial charge in [-0.15, -0.1) is 0 Å². The predicted octanol–water partition coefficient (Wildman–Crippen LogP) is 4.36. The number of hydrogen-bond acceptors (Lipinski definition) is 6. The lowest BCUT2D eigenvalue weighted by atomic mass is 10.1. The van der Waals surface area contributed by atoms with Crippen LogP contribution in [0.3, 0.4) is 0 Å². The second kappa shape index (κ2) is 9.84. The third-order valence-electron chi connectivity index (χ3n) is 4.51. The summed E-state index contributed by atoms with van der Waals surface area (Å²) in [6.07, 6.45) is -0.0741. The minimum atomic E-state index is -4.05. The lowest BCUT2D eigenvalue weighted by Gasteiger charge is -2.23. The molecule has 29 heavy (non-hydrogen) atoms. The van der Waals surface area contributed by atoms with Gasteiger partial charge in [0.25, 0.3) is 20.2 Å². The van der Waals surface area contributed by atoms with Crippen molar-refractivity contribution in [2.45, 2.75) is 69.0 Å². The van der Waals surface area contributed by atoms with E-state index in [9.17, 15) is 16.8 Å². The van der Waals surface area contributed by atoms with Gasteiger partial charge >= 0.3 is 0 Å². The van der Waals surface area contributed by atoms with Gasteiger partial charge in [-0.25, -0.2) is 0 Å². The Morgan fingerprint density at radius 1 is 0.759 bits per heavy atom. The molecule has 0 spiro atoms. The highest BCUT2D eigenvalue weighted by atomic mass is 32.2. The average Bonchev–Trinajstić information content (AvgIpc) is 2.65. The summed E-state index contributed by atoms with van der Waals surface area (Å²) in [4.78, 5) is 0.0452. The Balaban J connectivity index is 2.21. The molecule has 2 aromatic rings. The fourth-order valence-electron chi connectivity index (χ4n) is 2.71. The van der Waals surface area contributed by atoms with Crippen LogP contribution in [0.5, 0.6) is 0 Å². The molecule has 0 radical (unpaired) electrons. The third kappa shape index (κ3) is 6.64. The fraction of sp³-hybridized carbons (Fsp3) is 0.429. The zero-order valence-electron chi connectivity index (χ0n) is 17.2. The van der Waals surface area contributed by atoms with E-state index in [1.807, 2.05) is 20.8 Å². The maximum atomic E-state index is 12.7. The van der Waals surface area contributed by atoms with E-state index in [1.165, 1.54) is 31.2 Å². The van der Waals surface area contributed by atoms with E-state index < -0.39 is 32.4 Å². The van der Waals surface area contributed by atoms with E-state index in [1.54, 1.807) is 24.3 Å². The minimum Gasteiger partial charge on any atom is -0.261 e. The summed E-state index contributed by atoms with van der Waals surface area (Å²) in [5.41, 5.74) is 1.85. The number of aryl methyl sites for hydroxylation is 2. The third-order valence-corrected chi connectivity index (χ3v) is 7.27. The number of hydrogen-bond donors (Lipinski definition) is 0. The van der Waals surface area contributed by atoms with Gasteiger partial charge in [0.2, 0.25) is 0 Å². The van der Waals surface area contributed by atoms with Crippen LogP contribution < -0.4 is 0 Å². The van der Waals surface area contributed by atoms with E-state index in [-0.39, 0.29) is 9.79 Å². The summed E-state index contributed by atoms with van der Waals surface area (Å²) in [6.45, 7) is 7.18. The molecule has 2 unspecified atom stereocenters. The Labute approximate surface area is 174 Å². The Kier molecular flexibility index (Phi) is 7.99. The van der Waals surface area contributed by atoms with Crippen molar-refractivity contribution in [3.8, 4) is 0 Å². The Morgan fingerprint density at radius 2 is 1.17 bits per heavy atom. The summed E-state index contributed by atoms with van der Waals surface area (Å²) in [5.74, 6) is 0. The van der Waals surface area contributed by atoms with Gasteiger partial charge in [-0.05, 0) is 51.5 Å². The zero-order chi connectivity index (χ0) is 21.7. The minimum absolute atomic E-state index is 0.0191. The molecule has 0 saturated carbocycles. The van der Waals surface area contributed by atoms with Crippen LogP contribution in [0.25, 0.3) is 0 Å². The molecule has 0 aliphatic heterocycles. The zero-order valence-corrected chi connectivity index (χ0v) is 18.8. The van der Waals surface area contributed by atoms with Crippen molar-refractivity contribution in [2.75, 3.05) is 0 Å². The van der Waals surface area contributed by atoms with Crippen LogP contribution in [0.1, 0.15) is 44.2 Å². The average molecular weight is 441 g/mol. The summed E-state index contributed by atoms with van der Waals surface area (Å²) in [5, 5.41) is 0. The molecule has 0 aromatic heterocycles. The van der Waals surface area contributed by atoms with Crippen molar-refractivity contribution >= 4 is 20.2 Å². The van der Waals surface area contributed by atoms with Gasteiger partial charge in [-0.2, -0.15) is 16.8 Å². The van der Waals surface area contributed by atoms with Gasteiger partial charge < -0.3 is 0 Å². The quantitative estimate of drug-likeness (QED) is 0.510. The SMILES string of the molecule is CCCCC(OS(=O)(=O)c1ccc(C)cc1)C(C)OS(=O)(=O)c1ccc(C)cc1. The monoisotopic (exact) mass is 440 g/mol. The van der Waals surface area contributed by atoms with E-state index in [0.717, 1.165) is 17.5 Å². The first-order valence-corrected chi connectivity index (χ1v) is 12.4. The molecule has 0 amide bonds. The molecule has 0 fully saturated rings. The number of benzene rings is 2. The van der Waals surface area contributed by atoms with E-state index in [2.05, 4.69) is 0 Å². The molecular weight excluding hydrogens is 412 g/mol. The van der Waals surface area contributed by atoms with Crippen LogP contribution in [0.4, 0.5) is 0 Å². The van der Waals surface area contributed by atoms with Crippen LogP contribution >= 0.6 is 0 Å². The Hall–Kier alpha value is -1.74. The van der Waals surface area contributed by atoms with Crippen molar-refractivity contribution in [3.63, 3.8) is 0 Å². The number of unbranched alkanes of at least 4 members (excludes halogenated alkanes) is 1. The molecule has 0 saturated heterocycles. The standard InChI is InChI=1S/C21H28O6S2/c1-5-6-7-21(27-29(24,25)20-14-10-17(3)11-15-20)18(4)26-28(22,23)19-12-8-16(2)9-13-19/h8-15,18,21H,5-7H2,1-4H3. The second-order valence-electron chi connectivity index (χ2n) is 7.11. The molecular formula is C21H28O6S2. The van der Waals surface area contributed by atoms with Gasteiger partial charge in [-0.3, -0.25) is 8.37 Å². The molecule has 2 rings (SSSR count). The topological polar surface area (TPSA) is 86.7 Å². The van der Waals surface area contributed by atoms with Crippen LogP contribution in [0.2, 0.25) is 0 Å². The normalized spacial score (nSPS) is 14.5. The van der Waals surface area contributed by atoms with Crippen molar-refractivity contribution in [1.82, 2.24) is 0 Å². The maximum Gasteiger partial charge on any atom is 0.297 e. The maximum absolute atomic E-state index is 12.7. The summed E-state index contributed by atoms with van der Waals surface area (Å²) < 4.78 is 61.2. The van der Waals surface area contributed by atoms with Crippen LogP contribution in [-0.4, -0.2) is 29.0 Å². The molecule has 2 aromatic carbocycles. The van der Waals surface area contributed by atoms with E-state index in [4.69, 9.17) is 8.37 Å². The lowest BCUT2D eigenvalue weighted by molar-refractivity contribution is 0.0670. The molecule has 0 N–H and O–H groups in total. The molecule has 2 atom stereocenters. The summed E-state index contributed by atoms with van der Waals surface area (Å²) in [7, 11) is -8.10. The molecule has 0 heterocycles. The van der Waals surface area contributed by atoms with Gasteiger partial charge in [0.1, 0.15) is 12.2 Å². The lowest BCUT2D eigenvalue weighted by Crippen LogP contribution is -2.33. The van der Waals surface area contributed by atoms with Gasteiger partial charge in [-0.1, -0.05) is 55.2 Å². The highest BCUT2D eigenvalue weighted by Crippen LogP contribution is 2.23. The van der Waals surface area contributed by atoms with Crippen LogP contribution in [0.15, 0.2) is 58.3 Å². The molecule has 6 nitrogen and oxygen atoms in total. The van der Waals surface area contributed by atoms with E-state index in [0.29, 0.717) is 12.8 Å². The van der Waals surface area contributed by atoms with Gasteiger partial charge in [0, 0.05) is 0 Å². The van der Waals surface area contributed by atoms with Gasteiger partial charge in [0.05, 0.1) is 9.79 Å². The highest BCUT2D eigenvalue weighted by Gasteiger charge is 2.30. The summed E-state index contributed by atoms with van der Waals surface area (Å²) in [6, 6.07) is 12.6. The first kappa shape index (κ1) is 23.5. The van der Waals surface area contributed by atoms with Crippen molar-refractivity contribution in [3.05, 3.63) is 59.7 Å². The Bertz CT molecular complexity index is 994. The van der Waals surface area contributed by atoms with Crippen molar-refractivity contribution in [1.29, 1.82) is 0 Å². The number of rotatable bonds is 10. The van der Waals surface area contributed by atoms with Crippen LogP contribution in [0, 0.1) is 13.8 Å².